The first-order valence-corrected chi connectivity index (χ1v) is 5.83. The molecule has 2 aliphatic rings. The summed E-state index contributed by atoms with van der Waals surface area (Å²) < 4.78 is 48.9. The number of halogens is 3. The summed E-state index contributed by atoms with van der Waals surface area (Å²) in [6.45, 7) is 10.8. The number of ether oxygens (including phenoxy) is 2. The van der Waals surface area contributed by atoms with E-state index < -0.39 is 34.4 Å². The minimum atomic E-state index is -4.58. The third-order valence-electron chi connectivity index (χ3n) is 3.44. The van der Waals surface area contributed by atoms with E-state index in [0.717, 1.165) is 0 Å². The first kappa shape index (κ1) is 13.6. The summed E-state index contributed by atoms with van der Waals surface area (Å²) in [5.74, 6) is -2.50. The summed E-state index contributed by atoms with van der Waals surface area (Å²) in [6.07, 6.45) is -4.58. The molecule has 0 bridgehead atoms. The lowest BCUT2D eigenvalue weighted by Gasteiger charge is -2.30. The third-order valence-corrected chi connectivity index (χ3v) is 3.44. The maximum absolute atomic E-state index is 12.8. The second-order valence-corrected chi connectivity index (χ2v) is 6.88. The Morgan fingerprint density at radius 2 is 1.44 bits per heavy atom. The van der Waals surface area contributed by atoms with Gasteiger partial charge in [-0.1, -0.05) is 41.5 Å². The van der Waals surface area contributed by atoms with Gasteiger partial charge in [0.1, 0.15) is 0 Å². The quantitative estimate of drug-likeness (QED) is 0.628. The van der Waals surface area contributed by atoms with Crippen LogP contribution in [0.5, 0.6) is 0 Å². The first-order chi connectivity index (χ1) is 7.77. The number of epoxide rings is 1. The van der Waals surface area contributed by atoms with E-state index in [2.05, 4.69) is 4.99 Å². The molecule has 18 heavy (non-hydrogen) atoms. The predicted octanol–water partition coefficient (Wildman–Crippen LogP) is 3.49. The summed E-state index contributed by atoms with van der Waals surface area (Å²) in [7, 11) is 0. The van der Waals surface area contributed by atoms with Gasteiger partial charge in [-0.3, -0.25) is 4.74 Å². The van der Waals surface area contributed by atoms with Crippen molar-refractivity contribution in [3.8, 4) is 0 Å². The number of aliphatic imine (C=N–C) groups is 1. The van der Waals surface area contributed by atoms with Gasteiger partial charge in [-0.05, 0) is 0 Å². The van der Waals surface area contributed by atoms with E-state index in [1.165, 1.54) is 0 Å². The van der Waals surface area contributed by atoms with E-state index >= 15 is 0 Å². The largest absolute Gasteiger partial charge is 0.468 e. The van der Waals surface area contributed by atoms with Crippen LogP contribution in [-0.2, 0) is 9.47 Å². The lowest BCUT2D eigenvalue weighted by Crippen LogP contribution is -2.43. The Hall–Kier alpha value is -0.780. The Labute approximate surface area is 104 Å². The zero-order chi connectivity index (χ0) is 14.2. The maximum atomic E-state index is 12.8. The molecular weight excluding hydrogens is 247 g/mol. The number of alkyl halides is 3. The molecular formula is C12H18F3NO2. The average molecular weight is 265 g/mol. The first-order valence-electron chi connectivity index (χ1n) is 5.83. The summed E-state index contributed by atoms with van der Waals surface area (Å²) in [5, 5.41) is 0. The average Bonchev–Trinajstić information content (AvgIpc) is 2.63. The number of hydrogen-bond donors (Lipinski definition) is 0. The minimum absolute atomic E-state index is 0.576. The standard InChI is InChI=1S/C12H18F3NO2/c1-8(2,3)11-12(18-11,9(4,5)6)17-7(16-11)10(13,14)15/h1-6H3. The molecule has 2 aliphatic heterocycles. The van der Waals surface area contributed by atoms with Gasteiger partial charge < -0.3 is 4.74 Å². The van der Waals surface area contributed by atoms with Crippen molar-refractivity contribution in [1.29, 1.82) is 0 Å². The van der Waals surface area contributed by atoms with E-state index in [0.29, 0.717) is 0 Å². The predicted molar refractivity (Wildman–Crippen MR) is 60.0 cm³/mol. The van der Waals surface area contributed by atoms with Crippen molar-refractivity contribution >= 4 is 5.90 Å². The summed E-state index contributed by atoms with van der Waals surface area (Å²) in [5.41, 5.74) is -2.42. The van der Waals surface area contributed by atoms with Gasteiger partial charge in [-0.2, -0.15) is 13.2 Å². The Bertz CT molecular complexity index is 417. The molecule has 1 saturated heterocycles. The lowest BCUT2D eigenvalue weighted by molar-refractivity contribution is -0.112. The van der Waals surface area contributed by atoms with Crippen molar-refractivity contribution in [3.05, 3.63) is 0 Å². The zero-order valence-corrected chi connectivity index (χ0v) is 11.4. The maximum Gasteiger partial charge on any atom is 0.468 e. The van der Waals surface area contributed by atoms with Gasteiger partial charge in [-0.25, -0.2) is 4.99 Å². The van der Waals surface area contributed by atoms with Crippen LogP contribution in [0.25, 0.3) is 0 Å². The van der Waals surface area contributed by atoms with Crippen LogP contribution in [0.1, 0.15) is 41.5 Å². The lowest BCUT2D eigenvalue weighted by atomic mass is 9.75. The Morgan fingerprint density at radius 3 is 1.72 bits per heavy atom. The molecule has 3 nitrogen and oxygen atoms in total. The van der Waals surface area contributed by atoms with Crippen molar-refractivity contribution in [2.75, 3.05) is 0 Å². The van der Waals surface area contributed by atoms with Crippen molar-refractivity contribution in [2.24, 2.45) is 15.8 Å². The number of fused-ring (bicyclic) bond motifs is 1. The summed E-state index contributed by atoms with van der Waals surface area (Å²) in [4.78, 5) is 3.72. The van der Waals surface area contributed by atoms with Gasteiger partial charge in [0.15, 0.2) is 0 Å². The van der Waals surface area contributed by atoms with Crippen LogP contribution in [-0.4, -0.2) is 23.6 Å². The monoisotopic (exact) mass is 265 g/mol. The minimum Gasteiger partial charge on any atom is -0.436 e. The molecule has 0 aromatic rings. The second kappa shape index (κ2) is 3.03. The normalized spacial score (nSPS) is 35.9. The fraction of sp³-hybridized carbons (Fsp3) is 0.917. The van der Waals surface area contributed by atoms with E-state index in [9.17, 15) is 13.2 Å². The molecule has 0 aromatic heterocycles. The highest BCUT2D eigenvalue weighted by atomic mass is 19.4. The summed E-state index contributed by atoms with van der Waals surface area (Å²) in [6, 6.07) is 0. The molecule has 2 atom stereocenters. The van der Waals surface area contributed by atoms with Crippen LogP contribution in [0.4, 0.5) is 13.2 Å². The topological polar surface area (TPSA) is 34.1 Å². The van der Waals surface area contributed by atoms with E-state index in [1.807, 2.05) is 0 Å². The highest BCUT2D eigenvalue weighted by Gasteiger charge is 2.87. The van der Waals surface area contributed by atoms with Crippen molar-refractivity contribution in [3.63, 3.8) is 0 Å². The molecule has 0 N–H and O–H groups in total. The molecule has 1 fully saturated rings. The highest BCUT2D eigenvalue weighted by Crippen LogP contribution is 2.69. The van der Waals surface area contributed by atoms with Crippen LogP contribution < -0.4 is 0 Å². The smallest absolute Gasteiger partial charge is 0.436 e. The third kappa shape index (κ3) is 1.44. The fourth-order valence-electron chi connectivity index (χ4n) is 2.42. The van der Waals surface area contributed by atoms with Crippen LogP contribution in [0, 0.1) is 10.8 Å². The fourth-order valence-corrected chi connectivity index (χ4v) is 2.42. The molecule has 104 valence electrons. The summed E-state index contributed by atoms with van der Waals surface area (Å²) >= 11 is 0. The van der Waals surface area contributed by atoms with Gasteiger partial charge in [-0.15, -0.1) is 0 Å². The van der Waals surface area contributed by atoms with Gasteiger partial charge in [0.25, 0.3) is 11.7 Å². The molecule has 2 unspecified atom stereocenters. The molecule has 0 spiro atoms. The molecule has 0 saturated carbocycles. The number of nitrogens with zero attached hydrogens (tertiary/aromatic N) is 1. The van der Waals surface area contributed by atoms with Gasteiger partial charge in [0.05, 0.1) is 0 Å². The Kier molecular flexibility index (Phi) is 2.30. The van der Waals surface area contributed by atoms with Crippen molar-refractivity contribution < 1.29 is 22.6 Å². The Morgan fingerprint density at radius 1 is 0.944 bits per heavy atom. The molecule has 0 aromatic carbocycles. The Balaban J connectivity index is 2.48. The number of rotatable bonds is 0. The van der Waals surface area contributed by atoms with Crippen molar-refractivity contribution in [1.82, 2.24) is 0 Å². The zero-order valence-electron chi connectivity index (χ0n) is 11.4. The van der Waals surface area contributed by atoms with Gasteiger partial charge in [0, 0.05) is 10.8 Å². The van der Waals surface area contributed by atoms with E-state index in [-0.39, 0.29) is 0 Å². The molecule has 2 heterocycles. The van der Waals surface area contributed by atoms with E-state index in [1.54, 1.807) is 41.5 Å². The molecule has 0 amide bonds. The van der Waals surface area contributed by atoms with E-state index in [4.69, 9.17) is 9.47 Å². The van der Waals surface area contributed by atoms with Crippen LogP contribution in [0.3, 0.4) is 0 Å². The van der Waals surface area contributed by atoms with Crippen LogP contribution in [0.15, 0.2) is 4.99 Å². The second-order valence-electron chi connectivity index (χ2n) is 6.88. The van der Waals surface area contributed by atoms with Gasteiger partial charge >= 0.3 is 6.18 Å². The molecule has 0 aliphatic carbocycles. The van der Waals surface area contributed by atoms with Crippen molar-refractivity contribution in [2.45, 2.75) is 59.2 Å². The highest BCUT2D eigenvalue weighted by molar-refractivity contribution is 5.85. The molecule has 6 heteroatoms. The van der Waals surface area contributed by atoms with Crippen LogP contribution >= 0.6 is 0 Å². The number of hydrogen-bond acceptors (Lipinski definition) is 3. The SMILES string of the molecule is CC(C)(C)C12N=C(C(F)(F)F)OC1(C(C)(C)C)O2. The molecule has 0 radical (unpaired) electrons. The van der Waals surface area contributed by atoms with Gasteiger partial charge in [0.2, 0.25) is 5.72 Å². The molecule has 2 rings (SSSR count). The van der Waals surface area contributed by atoms with Crippen LogP contribution in [0.2, 0.25) is 0 Å².